The molecule has 0 aliphatic carbocycles. The number of nitrogens with two attached hydrogens (primary N) is 1. The molecule has 72 valence electrons. The lowest BCUT2D eigenvalue weighted by Gasteiger charge is -1.99. The van der Waals surface area contributed by atoms with E-state index in [9.17, 15) is 0 Å². The van der Waals surface area contributed by atoms with Crippen LogP contribution in [0.4, 0.5) is 0 Å². The number of halogens is 1. The van der Waals surface area contributed by atoms with E-state index >= 15 is 0 Å². The highest BCUT2D eigenvalue weighted by Gasteiger charge is 2.00. The van der Waals surface area contributed by atoms with Gasteiger partial charge in [-0.3, -0.25) is 0 Å². The third-order valence-electron chi connectivity index (χ3n) is 1.70. The second-order valence-electron chi connectivity index (χ2n) is 2.69. The van der Waals surface area contributed by atoms with Crippen molar-refractivity contribution in [3.8, 4) is 5.82 Å². The van der Waals surface area contributed by atoms with E-state index in [1.807, 2.05) is 18.3 Å². The first-order valence-corrected chi connectivity index (χ1v) is 5.10. The van der Waals surface area contributed by atoms with E-state index in [0.29, 0.717) is 12.4 Å². The lowest BCUT2D eigenvalue weighted by Crippen LogP contribution is -2.04. The molecule has 14 heavy (non-hydrogen) atoms. The molecule has 0 amide bonds. The van der Waals surface area contributed by atoms with Crippen molar-refractivity contribution in [2.75, 3.05) is 0 Å². The Labute approximate surface area is 94.5 Å². The fourth-order valence-electron chi connectivity index (χ4n) is 1.01. The maximum Gasteiger partial charge on any atom is 0.175 e. The molecular weight excluding hydrogens is 293 g/mol. The van der Waals surface area contributed by atoms with Gasteiger partial charge in [-0.2, -0.15) is 10.2 Å². The summed E-state index contributed by atoms with van der Waals surface area (Å²) in [5.41, 5.74) is 6.19. The van der Waals surface area contributed by atoms with Crippen LogP contribution in [-0.4, -0.2) is 20.0 Å². The Morgan fingerprint density at radius 2 is 2.21 bits per heavy atom. The minimum atomic E-state index is 0.407. The van der Waals surface area contributed by atoms with Crippen LogP contribution < -0.4 is 5.73 Å². The molecule has 2 aromatic heterocycles. The van der Waals surface area contributed by atoms with Crippen LogP contribution in [0.25, 0.3) is 5.82 Å². The molecule has 0 fully saturated rings. The van der Waals surface area contributed by atoms with E-state index in [0.717, 1.165) is 9.26 Å². The second kappa shape index (κ2) is 4.01. The Bertz CT molecular complexity index is 422. The third kappa shape index (κ3) is 1.90. The Hall–Kier alpha value is -1.02. The highest BCUT2D eigenvalue weighted by molar-refractivity contribution is 14.1. The third-order valence-corrected chi connectivity index (χ3v) is 2.26. The van der Waals surface area contributed by atoms with Crippen molar-refractivity contribution in [3.63, 3.8) is 0 Å². The van der Waals surface area contributed by atoms with Crippen molar-refractivity contribution < 1.29 is 0 Å². The van der Waals surface area contributed by atoms with Gasteiger partial charge in [0.2, 0.25) is 0 Å². The van der Waals surface area contributed by atoms with Crippen LogP contribution in [0.2, 0.25) is 0 Å². The van der Waals surface area contributed by atoms with E-state index in [1.54, 1.807) is 10.9 Å². The first-order chi connectivity index (χ1) is 6.79. The molecule has 0 radical (unpaired) electrons. The van der Waals surface area contributed by atoms with Gasteiger partial charge in [0, 0.05) is 12.7 Å². The lowest BCUT2D eigenvalue weighted by atomic mass is 10.4. The predicted octanol–water partition coefficient (Wildman–Crippen LogP) is 0.726. The lowest BCUT2D eigenvalue weighted by molar-refractivity contribution is 0.793. The van der Waals surface area contributed by atoms with E-state index < -0.39 is 0 Å². The summed E-state index contributed by atoms with van der Waals surface area (Å²) in [6.45, 7) is 0.407. The van der Waals surface area contributed by atoms with Crippen molar-refractivity contribution in [3.05, 3.63) is 33.8 Å². The van der Waals surface area contributed by atoms with Gasteiger partial charge in [-0.25, -0.2) is 4.68 Å². The van der Waals surface area contributed by atoms with Crippen molar-refractivity contribution >= 4 is 22.6 Å². The molecule has 0 aliphatic rings. The molecule has 0 aromatic carbocycles. The molecule has 6 heteroatoms. The number of aromatic nitrogens is 4. The number of nitrogens with zero attached hydrogens (tertiary/aromatic N) is 4. The Balaban J connectivity index is 2.33. The molecule has 0 spiro atoms. The Morgan fingerprint density at radius 3 is 2.71 bits per heavy atom. The van der Waals surface area contributed by atoms with Crippen molar-refractivity contribution in [1.82, 2.24) is 20.0 Å². The largest absolute Gasteiger partial charge is 0.325 e. The SMILES string of the molecule is NCc1ccc(-n2cc(I)cn2)nn1. The summed E-state index contributed by atoms with van der Waals surface area (Å²) in [6.07, 6.45) is 3.64. The fourth-order valence-corrected chi connectivity index (χ4v) is 1.40. The van der Waals surface area contributed by atoms with Gasteiger partial charge in [0.15, 0.2) is 5.82 Å². The maximum absolute atomic E-state index is 5.42. The van der Waals surface area contributed by atoms with Crippen molar-refractivity contribution in [1.29, 1.82) is 0 Å². The first-order valence-electron chi connectivity index (χ1n) is 4.03. The number of hydrogen-bond donors (Lipinski definition) is 1. The molecule has 0 bridgehead atoms. The van der Waals surface area contributed by atoms with Crippen LogP contribution in [-0.2, 0) is 6.54 Å². The predicted molar refractivity (Wildman–Crippen MR) is 59.8 cm³/mol. The summed E-state index contributed by atoms with van der Waals surface area (Å²) in [4.78, 5) is 0. The maximum atomic E-state index is 5.42. The highest BCUT2D eigenvalue weighted by Crippen LogP contribution is 2.06. The minimum absolute atomic E-state index is 0.407. The monoisotopic (exact) mass is 301 g/mol. The van der Waals surface area contributed by atoms with Crippen LogP contribution >= 0.6 is 22.6 Å². The smallest absolute Gasteiger partial charge is 0.175 e. The summed E-state index contributed by atoms with van der Waals surface area (Å²) in [5.74, 6) is 0.699. The molecule has 0 saturated heterocycles. The summed E-state index contributed by atoms with van der Waals surface area (Å²) in [5, 5.41) is 12.1. The van der Waals surface area contributed by atoms with Crippen LogP contribution in [0.3, 0.4) is 0 Å². The molecule has 2 N–H and O–H groups in total. The zero-order valence-corrected chi connectivity index (χ0v) is 9.42. The van der Waals surface area contributed by atoms with E-state index in [1.165, 1.54) is 0 Å². The summed E-state index contributed by atoms with van der Waals surface area (Å²) >= 11 is 2.19. The van der Waals surface area contributed by atoms with Crippen molar-refractivity contribution in [2.24, 2.45) is 5.73 Å². The van der Waals surface area contributed by atoms with Crippen LogP contribution in [0.15, 0.2) is 24.5 Å². The standard InChI is InChI=1S/C8H8IN5/c9-6-4-11-14(5-6)8-2-1-7(3-10)12-13-8/h1-2,4-5H,3,10H2. The van der Waals surface area contributed by atoms with E-state index in [2.05, 4.69) is 37.9 Å². The molecule has 2 rings (SSSR count). The van der Waals surface area contributed by atoms with Gasteiger partial charge < -0.3 is 5.73 Å². The van der Waals surface area contributed by atoms with Gasteiger partial charge >= 0.3 is 0 Å². The summed E-state index contributed by atoms with van der Waals surface area (Å²) in [6, 6.07) is 3.69. The molecule has 0 unspecified atom stereocenters. The summed E-state index contributed by atoms with van der Waals surface area (Å²) in [7, 11) is 0. The second-order valence-corrected chi connectivity index (χ2v) is 3.94. The minimum Gasteiger partial charge on any atom is -0.325 e. The normalized spacial score (nSPS) is 10.4. The Kier molecular flexibility index (Phi) is 2.73. The van der Waals surface area contributed by atoms with Crippen LogP contribution in [0.1, 0.15) is 5.69 Å². The zero-order chi connectivity index (χ0) is 9.97. The van der Waals surface area contributed by atoms with Gasteiger partial charge in [0.05, 0.1) is 15.5 Å². The van der Waals surface area contributed by atoms with Gasteiger partial charge in [0.1, 0.15) is 0 Å². The number of rotatable bonds is 2. The van der Waals surface area contributed by atoms with Gasteiger partial charge in [-0.15, -0.1) is 5.10 Å². The average Bonchev–Trinajstić information content (AvgIpc) is 2.65. The highest BCUT2D eigenvalue weighted by atomic mass is 127. The van der Waals surface area contributed by atoms with E-state index in [-0.39, 0.29) is 0 Å². The molecule has 0 saturated carbocycles. The summed E-state index contributed by atoms with van der Waals surface area (Å²) < 4.78 is 2.74. The van der Waals surface area contributed by atoms with Crippen LogP contribution in [0, 0.1) is 3.57 Å². The molecule has 2 heterocycles. The van der Waals surface area contributed by atoms with Crippen LogP contribution in [0.5, 0.6) is 0 Å². The Morgan fingerprint density at radius 1 is 1.36 bits per heavy atom. The van der Waals surface area contributed by atoms with E-state index in [4.69, 9.17) is 5.73 Å². The van der Waals surface area contributed by atoms with Crippen molar-refractivity contribution in [2.45, 2.75) is 6.54 Å². The fraction of sp³-hybridized carbons (Fsp3) is 0.125. The topological polar surface area (TPSA) is 69.6 Å². The molecule has 5 nitrogen and oxygen atoms in total. The quantitative estimate of drug-likeness (QED) is 0.830. The average molecular weight is 301 g/mol. The van der Waals surface area contributed by atoms with Gasteiger partial charge in [-0.05, 0) is 34.7 Å². The zero-order valence-electron chi connectivity index (χ0n) is 7.26. The first kappa shape index (κ1) is 9.53. The molecule has 2 aromatic rings. The van der Waals surface area contributed by atoms with Gasteiger partial charge in [-0.1, -0.05) is 0 Å². The molecule has 0 aliphatic heterocycles. The number of hydrogen-bond acceptors (Lipinski definition) is 4. The van der Waals surface area contributed by atoms with Gasteiger partial charge in [0.25, 0.3) is 0 Å². The molecular formula is C8H8IN5. The molecule has 0 atom stereocenters.